The Morgan fingerprint density at radius 3 is 2.50 bits per heavy atom. The molecule has 5 heteroatoms. The van der Waals surface area contributed by atoms with Crippen molar-refractivity contribution >= 4 is 24.0 Å². The summed E-state index contributed by atoms with van der Waals surface area (Å²) in [5.41, 5.74) is 6.11. The zero-order valence-electron chi connectivity index (χ0n) is 11.9. The summed E-state index contributed by atoms with van der Waals surface area (Å²) in [7, 11) is 0. The van der Waals surface area contributed by atoms with Gasteiger partial charge in [0.15, 0.2) is 0 Å². The van der Waals surface area contributed by atoms with E-state index in [0.717, 1.165) is 37.1 Å². The first-order chi connectivity index (χ1) is 9.20. The molecular formula is C15H23ClN2O2. The number of ether oxygens (including phenoxy) is 1. The van der Waals surface area contributed by atoms with Crippen molar-refractivity contribution in [2.24, 2.45) is 11.1 Å². The normalized spacial score (nSPS) is 15.1. The Morgan fingerprint density at radius 2 is 2.00 bits per heavy atom. The van der Waals surface area contributed by atoms with E-state index in [4.69, 9.17) is 10.5 Å². The average molecular weight is 299 g/mol. The monoisotopic (exact) mass is 298 g/mol. The summed E-state index contributed by atoms with van der Waals surface area (Å²) >= 11 is 0. The molecule has 0 saturated heterocycles. The number of nitrogens with two attached hydrogens (primary N) is 1. The summed E-state index contributed by atoms with van der Waals surface area (Å²) in [6.45, 7) is 3.13. The lowest BCUT2D eigenvalue weighted by atomic mass is 9.99. The predicted molar refractivity (Wildman–Crippen MR) is 83.4 cm³/mol. The van der Waals surface area contributed by atoms with Crippen LogP contribution in [-0.2, 0) is 4.79 Å². The van der Waals surface area contributed by atoms with Gasteiger partial charge in [0.2, 0.25) is 5.91 Å². The molecule has 3 N–H and O–H groups in total. The van der Waals surface area contributed by atoms with Gasteiger partial charge in [0, 0.05) is 17.6 Å². The number of amides is 1. The second kappa shape index (κ2) is 7.50. The highest BCUT2D eigenvalue weighted by Gasteiger charge is 2.48. The van der Waals surface area contributed by atoms with E-state index in [9.17, 15) is 4.79 Å². The van der Waals surface area contributed by atoms with Gasteiger partial charge >= 0.3 is 0 Å². The number of nitrogens with one attached hydrogen (secondary N) is 1. The number of halogens is 1. The van der Waals surface area contributed by atoms with Crippen LogP contribution in [0.1, 0.15) is 32.6 Å². The van der Waals surface area contributed by atoms with Crippen molar-refractivity contribution in [2.45, 2.75) is 32.6 Å². The molecule has 20 heavy (non-hydrogen) atoms. The molecule has 0 heterocycles. The predicted octanol–water partition coefficient (Wildman–Crippen LogP) is 2.96. The highest BCUT2D eigenvalue weighted by atomic mass is 35.5. The molecule has 1 aliphatic rings. The van der Waals surface area contributed by atoms with Gasteiger partial charge in [-0.15, -0.1) is 12.4 Å². The van der Waals surface area contributed by atoms with E-state index in [-0.39, 0.29) is 23.7 Å². The number of carbonyl (C=O) groups is 1. The Kier molecular flexibility index (Phi) is 6.30. The molecule has 0 unspecified atom stereocenters. The molecule has 112 valence electrons. The van der Waals surface area contributed by atoms with Gasteiger partial charge in [0.1, 0.15) is 12.4 Å². The van der Waals surface area contributed by atoms with Crippen molar-refractivity contribution in [1.29, 1.82) is 0 Å². The van der Waals surface area contributed by atoms with Gasteiger partial charge in [-0.1, -0.05) is 13.3 Å². The Morgan fingerprint density at radius 1 is 1.35 bits per heavy atom. The fraction of sp³-hybridized carbons (Fsp3) is 0.533. The van der Waals surface area contributed by atoms with Crippen molar-refractivity contribution in [3.05, 3.63) is 24.3 Å². The first-order valence-corrected chi connectivity index (χ1v) is 6.94. The van der Waals surface area contributed by atoms with Gasteiger partial charge in [-0.25, -0.2) is 0 Å². The maximum atomic E-state index is 12.2. The average Bonchev–Trinajstić information content (AvgIpc) is 3.19. The Balaban J connectivity index is 0.00000200. The van der Waals surface area contributed by atoms with Gasteiger partial charge in [0.25, 0.3) is 0 Å². The van der Waals surface area contributed by atoms with Crippen LogP contribution in [0.3, 0.4) is 0 Å². The van der Waals surface area contributed by atoms with Crippen LogP contribution in [-0.4, -0.2) is 19.1 Å². The van der Waals surface area contributed by atoms with Crippen LogP contribution < -0.4 is 15.8 Å². The van der Waals surface area contributed by atoms with Crippen molar-refractivity contribution in [3.63, 3.8) is 0 Å². The third-order valence-corrected chi connectivity index (χ3v) is 3.56. The van der Waals surface area contributed by atoms with Crippen LogP contribution in [0, 0.1) is 5.41 Å². The summed E-state index contributed by atoms with van der Waals surface area (Å²) in [6, 6.07) is 7.44. The zero-order chi connectivity index (χ0) is 13.7. The first-order valence-electron chi connectivity index (χ1n) is 6.94. The topological polar surface area (TPSA) is 64.3 Å². The third kappa shape index (κ3) is 4.12. The Bertz CT molecular complexity index is 430. The number of benzene rings is 1. The van der Waals surface area contributed by atoms with Gasteiger partial charge in [-0.2, -0.15) is 0 Å². The second-order valence-electron chi connectivity index (χ2n) is 5.15. The lowest BCUT2D eigenvalue weighted by molar-refractivity contribution is -0.121. The van der Waals surface area contributed by atoms with Crippen LogP contribution in [0.2, 0.25) is 0 Å². The molecule has 4 nitrogen and oxygen atoms in total. The van der Waals surface area contributed by atoms with Crippen molar-refractivity contribution < 1.29 is 9.53 Å². The molecule has 1 amide bonds. The van der Waals surface area contributed by atoms with Gasteiger partial charge in [0.05, 0.1) is 0 Å². The fourth-order valence-electron chi connectivity index (χ4n) is 2.29. The molecule has 0 radical (unpaired) electrons. The number of rotatable bonds is 7. The largest absolute Gasteiger partial charge is 0.492 e. The number of hydrogen-bond acceptors (Lipinski definition) is 3. The maximum absolute atomic E-state index is 12.2. The van der Waals surface area contributed by atoms with Crippen LogP contribution in [0.25, 0.3) is 0 Å². The molecule has 1 saturated carbocycles. The lowest BCUT2D eigenvalue weighted by Gasteiger charge is -2.14. The first kappa shape index (κ1) is 16.8. The van der Waals surface area contributed by atoms with Crippen LogP contribution in [0.5, 0.6) is 5.75 Å². The molecule has 2 rings (SSSR count). The zero-order valence-corrected chi connectivity index (χ0v) is 12.7. The van der Waals surface area contributed by atoms with Crippen LogP contribution in [0.15, 0.2) is 24.3 Å². The molecule has 1 fully saturated rings. The molecule has 0 spiro atoms. The lowest BCUT2D eigenvalue weighted by Crippen LogP contribution is -2.24. The van der Waals surface area contributed by atoms with E-state index in [2.05, 4.69) is 12.2 Å². The smallest absolute Gasteiger partial charge is 0.230 e. The second-order valence-corrected chi connectivity index (χ2v) is 5.15. The highest BCUT2D eigenvalue weighted by Crippen LogP contribution is 2.50. The van der Waals surface area contributed by atoms with Crippen LogP contribution >= 0.6 is 12.4 Å². The summed E-state index contributed by atoms with van der Waals surface area (Å²) in [5.74, 6) is 0.933. The Hall–Kier alpha value is -1.26. The third-order valence-electron chi connectivity index (χ3n) is 3.56. The summed E-state index contributed by atoms with van der Waals surface area (Å²) in [6.07, 6.45) is 4.07. The molecule has 1 aromatic carbocycles. The minimum atomic E-state index is -0.0938. The quantitative estimate of drug-likeness (QED) is 0.813. The van der Waals surface area contributed by atoms with Crippen molar-refractivity contribution in [1.82, 2.24) is 0 Å². The molecule has 1 aromatic rings. The van der Waals surface area contributed by atoms with Gasteiger partial charge < -0.3 is 15.8 Å². The van der Waals surface area contributed by atoms with Gasteiger partial charge in [-0.05, 0) is 43.5 Å². The summed E-state index contributed by atoms with van der Waals surface area (Å²) in [4.78, 5) is 12.2. The summed E-state index contributed by atoms with van der Waals surface area (Å²) < 4.78 is 5.40. The molecule has 0 aromatic heterocycles. The van der Waals surface area contributed by atoms with E-state index in [1.807, 2.05) is 24.3 Å². The Labute approximate surface area is 126 Å². The SMILES string of the molecule is CCCC1(C(=O)Nc2ccc(OCCN)cc2)CC1.Cl. The van der Waals surface area contributed by atoms with E-state index in [1.54, 1.807) is 0 Å². The minimum absolute atomic E-state index is 0. The number of hydrogen-bond donors (Lipinski definition) is 2. The maximum Gasteiger partial charge on any atom is 0.230 e. The van der Waals surface area contributed by atoms with E-state index in [0.29, 0.717) is 13.2 Å². The molecule has 0 atom stereocenters. The van der Waals surface area contributed by atoms with Crippen molar-refractivity contribution in [2.75, 3.05) is 18.5 Å². The van der Waals surface area contributed by atoms with Crippen LogP contribution in [0.4, 0.5) is 5.69 Å². The molecular weight excluding hydrogens is 276 g/mol. The summed E-state index contributed by atoms with van der Waals surface area (Å²) in [5, 5.41) is 2.99. The van der Waals surface area contributed by atoms with Gasteiger partial charge in [-0.3, -0.25) is 4.79 Å². The minimum Gasteiger partial charge on any atom is -0.492 e. The van der Waals surface area contributed by atoms with Crippen molar-refractivity contribution in [3.8, 4) is 5.75 Å². The molecule has 1 aliphatic carbocycles. The van der Waals surface area contributed by atoms with E-state index < -0.39 is 0 Å². The number of anilines is 1. The molecule has 0 bridgehead atoms. The fourth-order valence-corrected chi connectivity index (χ4v) is 2.29. The number of carbonyl (C=O) groups excluding carboxylic acids is 1. The molecule has 0 aliphatic heterocycles. The van der Waals surface area contributed by atoms with E-state index in [1.165, 1.54) is 0 Å². The van der Waals surface area contributed by atoms with E-state index >= 15 is 0 Å². The standard InChI is InChI=1S/C15H22N2O2.ClH/c1-2-7-15(8-9-15)14(18)17-12-3-5-13(6-4-12)19-11-10-16;/h3-6H,2,7-11,16H2,1H3,(H,17,18);1H. The highest BCUT2D eigenvalue weighted by molar-refractivity contribution is 5.97.